The monoisotopic (exact) mass is 273 g/mol. The van der Waals surface area contributed by atoms with E-state index in [4.69, 9.17) is 4.18 Å². The van der Waals surface area contributed by atoms with Gasteiger partial charge >= 0.3 is 39.9 Å². The van der Waals surface area contributed by atoms with E-state index >= 15 is 0 Å². The van der Waals surface area contributed by atoms with E-state index in [2.05, 4.69) is 4.72 Å². The number of rotatable bonds is 4. The molecule has 2 aromatic rings. The molecule has 0 spiro atoms. The van der Waals surface area contributed by atoms with Gasteiger partial charge in [-0.15, -0.1) is 0 Å². The van der Waals surface area contributed by atoms with Gasteiger partial charge in [0.2, 0.25) is 0 Å². The number of benzene rings is 2. The molecular formula is C12H12NNaO3S. The van der Waals surface area contributed by atoms with Gasteiger partial charge in [-0.2, -0.15) is 8.42 Å². The van der Waals surface area contributed by atoms with Crippen molar-refractivity contribution >= 4 is 16.0 Å². The minimum atomic E-state index is -3.84. The normalized spacial score (nSPS) is 10.2. The Labute approximate surface area is 130 Å². The van der Waals surface area contributed by atoms with Crippen molar-refractivity contribution in [1.82, 2.24) is 0 Å². The summed E-state index contributed by atoms with van der Waals surface area (Å²) >= 11 is 0. The first kappa shape index (κ1) is 15.0. The van der Waals surface area contributed by atoms with Gasteiger partial charge in [-0.1, -0.05) is 36.4 Å². The second-order valence-corrected chi connectivity index (χ2v) is 4.60. The minimum absolute atomic E-state index is 0. The van der Waals surface area contributed by atoms with Gasteiger partial charge in [0.05, 0.1) is 5.69 Å². The molecule has 0 aliphatic heterocycles. The van der Waals surface area contributed by atoms with Gasteiger partial charge in [0.1, 0.15) is 5.75 Å². The van der Waals surface area contributed by atoms with Crippen molar-refractivity contribution in [3.8, 4) is 5.75 Å². The maximum atomic E-state index is 11.6. The van der Waals surface area contributed by atoms with E-state index in [1.54, 1.807) is 60.7 Å². The number of hydrogen-bond donors (Lipinski definition) is 1. The molecule has 0 aliphatic rings. The molecule has 18 heavy (non-hydrogen) atoms. The summed E-state index contributed by atoms with van der Waals surface area (Å²) in [5.41, 5.74) is 0.462. The first-order valence-electron chi connectivity index (χ1n) is 4.98. The molecule has 6 heteroatoms. The molecule has 1 N–H and O–H groups in total. The van der Waals surface area contributed by atoms with Crippen molar-refractivity contribution in [3.63, 3.8) is 0 Å². The smallest absolute Gasteiger partial charge is 1.00 e. The van der Waals surface area contributed by atoms with Crippen molar-refractivity contribution in [2.75, 3.05) is 4.72 Å². The molecule has 0 aromatic heterocycles. The Morgan fingerprint density at radius 3 is 1.94 bits per heavy atom. The minimum Gasteiger partial charge on any atom is -1.00 e. The Morgan fingerprint density at radius 2 is 1.39 bits per heavy atom. The standard InChI is InChI=1S/C12H11NO3S.Na.H/c14-17(15,13-11-7-3-1-4-8-11)16-12-9-5-2-6-10-12;;/h1-10,13H;;/q;+1;-1. The fourth-order valence-corrected chi connectivity index (χ4v) is 2.10. The first-order chi connectivity index (χ1) is 8.16. The fourth-order valence-electron chi connectivity index (χ4n) is 1.27. The van der Waals surface area contributed by atoms with Crippen LogP contribution in [0.15, 0.2) is 60.7 Å². The third-order valence-corrected chi connectivity index (χ3v) is 2.86. The molecule has 0 fully saturated rings. The second kappa shape index (κ2) is 6.80. The Morgan fingerprint density at radius 1 is 0.889 bits per heavy atom. The van der Waals surface area contributed by atoms with Crippen LogP contribution < -0.4 is 38.5 Å². The maximum absolute atomic E-state index is 11.6. The number of nitrogens with one attached hydrogen (secondary N) is 1. The van der Waals surface area contributed by atoms with Crippen molar-refractivity contribution < 1.29 is 43.6 Å². The van der Waals surface area contributed by atoms with Crippen LogP contribution in [0.5, 0.6) is 5.75 Å². The summed E-state index contributed by atoms with van der Waals surface area (Å²) < 4.78 is 30.5. The van der Waals surface area contributed by atoms with Gasteiger partial charge in [0, 0.05) is 0 Å². The van der Waals surface area contributed by atoms with Crippen molar-refractivity contribution in [3.05, 3.63) is 60.7 Å². The van der Waals surface area contributed by atoms with Crippen molar-refractivity contribution in [2.24, 2.45) is 0 Å². The SMILES string of the molecule is O=S(=O)(Nc1ccccc1)Oc1ccccc1.[H-].[Na+]. The molecule has 0 heterocycles. The van der Waals surface area contributed by atoms with Crippen LogP contribution in [0.25, 0.3) is 0 Å². The van der Waals surface area contributed by atoms with E-state index in [1.165, 1.54) is 0 Å². The predicted octanol–water partition coefficient (Wildman–Crippen LogP) is -0.461. The van der Waals surface area contributed by atoms with E-state index in [9.17, 15) is 8.42 Å². The fraction of sp³-hybridized carbons (Fsp3) is 0. The molecule has 0 saturated heterocycles. The molecule has 0 atom stereocenters. The molecule has 0 radical (unpaired) electrons. The van der Waals surface area contributed by atoms with Crippen LogP contribution in [0.3, 0.4) is 0 Å². The van der Waals surface area contributed by atoms with Crippen LogP contribution in [-0.4, -0.2) is 8.42 Å². The molecule has 90 valence electrons. The summed E-state index contributed by atoms with van der Waals surface area (Å²) in [5, 5.41) is 0. The summed E-state index contributed by atoms with van der Waals surface area (Å²) in [6, 6.07) is 16.9. The van der Waals surface area contributed by atoms with E-state index in [0.717, 1.165) is 0 Å². The Kier molecular flexibility index (Phi) is 5.68. The van der Waals surface area contributed by atoms with Gasteiger partial charge in [0.25, 0.3) is 0 Å². The zero-order valence-corrected chi connectivity index (χ0v) is 12.7. The number of anilines is 1. The van der Waals surface area contributed by atoms with Crippen LogP contribution in [0.4, 0.5) is 5.69 Å². The average molecular weight is 273 g/mol. The Bertz CT molecular complexity index is 531. The zero-order chi connectivity index (χ0) is 12.1. The molecule has 4 nitrogen and oxygen atoms in total. The molecule has 0 amide bonds. The summed E-state index contributed by atoms with van der Waals surface area (Å²) in [6.45, 7) is 0. The van der Waals surface area contributed by atoms with Crippen LogP contribution >= 0.6 is 0 Å². The average Bonchev–Trinajstić information content (AvgIpc) is 2.30. The largest absolute Gasteiger partial charge is 1.00 e. The molecular weight excluding hydrogens is 261 g/mol. The molecule has 0 saturated carbocycles. The van der Waals surface area contributed by atoms with Crippen LogP contribution in [0, 0.1) is 0 Å². The third kappa shape index (κ3) is 4.70. The molecule has 0 unspecified atom stereocenters. The van der Waals surface area contributed by atoms with Gasteiger partial charge < -0.3 is 5.61 Å². The quantitative estimate of drug-likeness (QED) is 0.767. The van der Waals surface area contributed by atoms with Gasteiger partial charge in [0.15, 0.2) is 0 Å². The third-order valence-electron chi connectivity index (χ3n) is 1.97. The van der Waals surface area contributed by atoms with Gasteiger partial charge in [-0.3, -0.25) is 4.72 Å². The number of para-hydroxylation sites is 2. The zero-order valence-electron chi connectivity index (χ0n) is 10.9. The van der Waals surface area contributed by atoms with Crippen LogP contribution in [-0.2, 0) is 10.3 Å². The topological polar surface area (TPSA) is 55.4 Å². The van der Waals surface area contributed by atoms with Crippen LogP contribution in [0.1, 0.15) is 1.43 Å². The molecule has 0 aliphatic carbocycles. The summed E-state index contributed by atoms with van der Waals surface area (Å²) in [6.07, 6.45) is 0. The van der Waals surface area contributed by atoms with Crippen molar-refractivity contribution in [1.29, 1.82) is 0 Å². The summed E-state index contributed by atoms with van der Waals surface area (Å²) in [4.78, 5) is 0. The second-order valence-electron chi connectivity index (χ2n) is 3.32. The number of hydrogen-bond acceptors (Lipinski definition) is 3. The molecule has 2 aromatic carbocycles. The van der Waals surface area contributed by atoms with Crippen molar-refractivity contribution in [2.45, 2.75) is 0 Å². The Hall–Kier alpha value is -1.01. The van der Waals surface area contributed by atoms with Gasteiger partial charge in [-0.05, 0) is 24.3 Å². The molecule has 2 rings (SSSR count). The van der Waals surface area contributed by atoms with Gasteiger partial charge in [-0.25, -0.2) is 0 Å². The van der Waals surface area contributed by atoms with E-state index in [1.807, 2.05) is 0 Å². The first-order valence-corrected chi connectivity index (χ1v) is 6.39. The van der Waals surface area contributed by atoms with E-state index in [0.29, 0.717) is 5.69 Å². The van der Waals surface area contributed by atoms with E-state index in [-0.39, 0.29) is 36.7 Å². The Balaban J connectivity index is 0.00000162. The van der Waals surface area contributed by atoms with E-state index < -0.39 is 10.3 Å². The van der Waals surface area contributed by atoms with Crippen LogP contribution in [0.2, 0.25) is 0 Å². The summed E-state index contributed by atoms with van der Waals surface area (Å²) in [5.74, 6) is 0.274. The predicted molar refractivity (Wildman–Crippen MR) is 67.2 cm³/mol. The molecule has 0 bridgehead atoms. The summed E-state index contributed by atoms with van der Waals surface area (Å²) in [7, 11) is -3.84. The maximum Gasteiger partial charge on any atom is 1.00 e.